The van der Waals surface area contributed by atoms with Gasteiger partial charge in [0.05, 0.1) is 17.0 Å². The molecule has 0 unspecified atom stereocenters. The molecule has 3 rings (SSSR count). The lowest BCUT2D eigenvalue weighted by molar-refractivity contribution is -0.192. The molecule has 2 N–H and O–H groups in total. The second kappa shape index (κ2) is 9.33. The summed E-state index contributed by atoms with van der Waals surface area (Å²) < 4.78 is 58.7. The molecule has 0 aliphatic carbocycles. The number of carboxylic acids is 1. The molecule has 1 fully saturated rings. The molecule has 0 bridgehead atoms. The van der Waals surface area contributed by atoms with Gasteiger partial charge >= 0.3 is 12.1 Å². The van der Waals surface area contributed by atoms with Gasteiger partial charge in [0.1, 0.15) is 0 Å². The van der Waals surface area contributed by atoms with Crippen LogP contribution in [0.15, 0.2) is 59.8 Å². The summed E-state index contributed by atoms with van der Waals surface area (Å²) in [7, 11) is -3.59. The van der Waals surface area contributed by atoms with E-state index in [9.17, 15) is 26.7 Å². The lowest BCUT2D eigenvalue weighted by Crippen LogP contribution is -2.41. The zero-order valence-corrected chi connectivity index (χ0v) is 15.8. The summed E-state index contributed by atoms with van der Waals surface area (Å²) in [5, 5.41) is 17.3. The van der Waals surface area contributed by atoms with Crippen molar-refractivity contribution in [3.05, 3.63) is 60.4 Å². The summed E-state index contributed by atoms with van der Waals surface area (Å²) in [5.41, 5.74) is 0.918. The number of pyridine rings is 1. The number of aliphatic carboxylic acids is 1. The number of aliphatic hydroxyl groups is 1. The molecule has 29 heavy (non-hydrogen) atoms. The predicted molar refractivity (Wildman–Crippen MR) is 96.4 cm³/mol. The summed E-state index contributed by atoms with van der Waals surface area (Å²) in [5.74, 6) is -2.76. The molecule has 0 spiro atoms. The Morgan fingerprint density at radius 2 is 1.79 bits per heavy atom. The number of halogens is 3. The van der Waals surface area contributed by atoms with E-state index in [2.05, 4.69) is 4.98 Å². The second-order valence-electron chi connectivity index (χ2n) is 6.22. The Morgan fingerprint density at radius 1 is 1.17 bits per heavy atom. The zero-order chi connectivity index (χ0) is 21.7. The quantitative estimate of drug-likeness (QED) is 0.766. The molecule has 11 heteroatoms. The van der Waals surface area contributed by atoms with Crippen LogP contribution in [0, 0.1) is 0 Å². The van der Waals surface area contributed by atoms with Crippen molar-refractivity contribution in [3.8, 4) is 0 Å². The third kappa shape index (κ3) is 5.99. The number of hydrogen-bond acceptors (Lipinski definition) is 5. The molecule has 1 aliphatic heterocycles. The van der Waals surface area contributed by atoms with Gasteiger partial charge in [-0.1, -0.05) is 24.3 Å². The minimum atomic E-state index is -5.08. The van der Waals surface area contributed by atoms with E-state index in [1.807, 2.05) is 12.1 Å². The minimum absolute atomic E-state index is 0.264. The number of aromatic nitrogens is 1. The zero-order valence-electron chi connectivity index (χ0n) is 15.0. The average Bonchev–Trinajstić information content (AvgIpc) is 3.04. The number of alkyl halides is 3. The molecule has 0 saturated carbocycles. The van der Waals surface area contributed by atoms with Crippen molar-refractivity contribution < 1.29 is 36.6 Å². The first-order valence-electron chi connectivity index (χ1n) is 8.47. The second-order valence-corrected chi connectivity index (χ2v) is 8.11. The Hall–Kier alpha value is -2.50. The predicted octanol–water partition coefficient (Wildman–Crippen LogP) is 2.08. The van der Waals surface area contributed by atoms with Crippen LogP contribution in [-0.4, -0.2) is 58.8 Å². The molecule has 1 aromatic heterocycles. The molecule has 7 nitrogen and oxygen atoms in total. The van der Waals surface area contributed by atoms with E-state index < -0.39 is 34.3 Å². The van der Waals surface area contributed by atoms with Gasteiger partial charge in [-0.3, -0.25) is 4.98 Å². The van der Waals surface area contributed by atoms with Gasteiger partial charge in [0.25, 0.3) is 0 Å². The molecular formula is C18H19F3N2O5S. The maximum Gasteiger partial charge on any atom is 0.490 e. The highest BCUT2D eigenvalue weighted by atomic mass is 32.2. The van der Waals surface area contributed by atoms with Gasteiger partial charge in [-0.25, -0.2) is 13.2 Å². The van der Waals surface area contributed by atoms with E-state index in [-0.39, 0.29) is 4.90 Å². The molecule has 0 amide bonds. The van der Waals surface area contributed by atoms with E-state index in [0.717, 1.165) is 5.56 Å². The maximum absolute atomic E-state index is 12.8. The summed E-state index contributed by atoms with van der Waals surface area (Å²) in [6, 6.07) is 11.6. The van der Waals surface area contributed by atoms with Gasteiger partial charge < -0.3 is 10.2 Å². The SMILES string of the molecule is O=C(O)C(F)(F)F.O=S(=O)(c1ccccc1)N1CC[C@H](O)[C@@H]1Cc1cccnc1. The molecule has 1 aromatic carbocycles. The Balaban J connectivity index is 0.000000370. The van der Waals surface area contributed by atoms with Crippen molar-refractivity contribution in [2.75, 3.05) is 6.54 Å². The summed E-state index contributed by atoms with van der Waals surface area (Å²) >= 11 is 0. The number of carbonyl (C=O) groups is 1. The van der Waals surface area contributed by atoms with Gasteiger partial charge in [0, 0.05) is 18.9 Å². The third-order valence-electron chi connectivity index (χ3n) is 4.22. The van der Waals surface area contributed by atoms with Crippen LogP contribution in [0.4, 0.5) is 13.2 Å². The number of carboxylic acid groups (broad SMARTS) is 1. The van der Waals surface area contributed by atoms with Crippen molar-refractivity contribution in [2.45, 2.75) is 36.1 Å². The Bertz CT molecular complexity index is 908. The maximum atomic E-state index is 12.8. The van der Waals surface area contributed by atoms with E-state index >= 15 is 0 Å². The molecule has 2 atom stereocenters. The van der Waals surface area contributed by atoms with E-state index in [4.69, 9.17) is 9.90 Å². The first-order valence-corrected chi connectivity index (χ1v) is 9.91. The summed E-state index contributed by atoms with van der Waals surface area (Å²) in [6.07, 6.45) is -1.44. The smallest absolute Gasteiger partial charge is 0.475 e. The van der Waals surface area contributed by atoms with Crippen molar-refractivity contribution in [1.29, 1.82) is 0 Å². The number of sulfonamides is 1. The van der Waals surface area contributed by atoms with Crippen molar-refractivity contribution >= 4 is 16.0 Å². The molecular weight excluding hydrogens is 413 g/mol. The standard InChI is InChI=1S/C16H18N2O3S.C2HF3O2/c19-16-8-10-18(15(16)11-13-5-4-9-17-12-13)22(20,21)14-6-2-1-3-7-14;3-2(4,5)1(6)7/h1-7,9,12,15-16,19H,8,10-11H2;(H,6,7)/t15-,16-;/m0./s1. The van der Waals surface area contributed by atoms with Crippen LogP contribution in [0.2, 0.25) is 0 Å². The monoisotopic (exact) mass is 432 g/mol. The molecule has 0 radical (unpaired) electrons. The van der Waals surface area contributed by atoms with Crippen LogP contribution in [-0.2, 0) is 21.2 Å². The first-order chi connectivity index (χ1) is 13.5. The largest absolute Gasteiger partial charge is 0.490 e. The number of hydrogen-bond donors (Lipinski definition) is 2. The Kier molecular flexibility index (Phi) is 7.33. The van der Waals surface area contributed by atoms with E-state index in [0.29, 0.717) is 19.4 Å². The van der Waals surface area contributed by atoms with Crippen molar-refractivity contribution in [3.63, 3.8) is 0 Å². The van der Waals surface area contributed by atoms with Crippen LogP contribution in [0.1, 0.15) is 12.0 Å². The number of aliphatic hydroxyl groups excluding tert-OH is 1. The van der Waals surface area contributed by atoms with Crippen LogP contribution >= 0.6 is 0 Å². The highest BCUT2D eigenvalue weighted by molar-refractivity contribution is 7.89. The first kappa shape index (κ1) is 22.8. The Labute approximate surface area is 165 Å². The number of benzene rings is 1. The number of nitrogens with zero attached hydrogens (tertiary/aromatic N) is 2. The normalized spacial score (nSPS) is 20.0. The highest BCUT2D eigenvalue weighted by Crippen LogP contribution is 2.28. The van der Waals surface area contributed by atoms with Crippen molar-refractivity contribution in [1.82, 2.24) is 9.29 Å². The molecule has 1 aliphatic rings. The van der Waals surface area contributed by atoms with Gasteiger partial charge in [-0.2, -0.15) is 17.5 Å². The minimum Gasteiger partial charge on any atom is -0.475 e. The van der Waals surface area contributed by atoms with Gasteiger partial charge in [-0.15, -0.1) is 0 Å². The molecule has 2 heterocycles. The molecule has 158 valence electrons. The lowest BCUT2D eigenvalue weighted by atomic mass is 10.0. The molecule has 2 aromatic rings. The van der Waals surface area contributed by atoms with Crippen LogP contribution in [0.25, 0.3) is 0 Å². The third-order valence-corrected chi connectivity index (χ3v) is 6.16. The highest BCUT2D eigenvalue weighted by Gasteiger charge is 2.40. The molecule has 1 saturated heterocycles. The average molecular weight is 432 g/mol. The van der Waals surface area contributed by atoms with Gasteiger partial charge in [0.15, 0.2) is 0 Å². The van der Waals surface area contributed by atoms with Gasteiger partial charge in [0.2, 0.25) is 10.0 Å². The van der Waals surface area contributed by atoms with E-state index in [1.54, 1.807) is 42.7 Å². The van der Waals surface area contributed by atoms with Gasteiger partial charge in [-0.05, 0) is 36.6 Å². The van der Waals surface area contributed by atoms with Crippen LogP contribution in [0.5, 0.6) is 0 Å². The lowest BCUT2D eigenvalue weighted by Gasteiger charge is -2.25. The van der Waals surface area contributed by atoms with Crippen LogP contribution < -0.4 is 0 Å². The summed E-state index contributed by atoms with van der Waals surface area (Å²) in [6.45, 7) is 0.337. The Morgan fingerprint density at radius 3 is 2.31 bits per heavy atom. The summed E-state index contributed by atoms with van der Waals surface area (Å²) in [4.78, 5) is 13.2. The fourth-order valence-corrected chi connectivity index (χ4v) is 4.52. The number of rotatable bonds is 4. The fraction of sp³-hybridized carbons (Fsp3) is 0.333. The van der Waals surface area contributed by atoms with Crippen molar-refractivity contribution in [2.24, 2.45) is 0 Å². The van der Waals surface area contributed by atoms with E-state index in [1.165, 1.54) is 4.31 Å². The fourth-order valence-electron chi connectivity index (χ4n) is 2.83. The topological polar surface area (TPSA) is 108 Å². The van der Waals surface area contributed by atoms with Crippen LogP contribution in [0.3, 0.4) is 0 Å².